The number of anilines is 1. The zero-order chi connectivity index (χ0) is 14.7. The second-order valence-corrected chi connectivity index (χ2v) is 6.11. The van der Waals surface area contributed by atoms with E-state index in [0.29, 0.717) is 10.0 Å². The SMILES string of the molecule is COc1ccc(Br)cc1NC(C)c1ccc(Cl)c(Cl)c1. The summed E-state index contributed by atoms with van der Waals surface area (Å²) < 4.78 is 6.34. The number of nitrogens with one attached hydrogen (secondary N) is 1. The summed E-state index contributed by atoms with van der Waals surface area (Å²) in [6.45, 7) is 2.06. The van der Waals surface area contributed by atoms with Crippen LogP contribution in [-0.4, -0.2) is 7.11 Å². The lowest BCUT2D eigenvalue weighted by Crippen LogP contribution is -2.07. The van der Waals surface area contributed by atoms with E-state index in [1.165, 1.54) is 0 Å². The van der Waals surface area contributed by atoms with Crippen LogP contribution in [0.25, 0.3) is 0 Å². The molecule has 106 valence electrons. The van der Waals surface area contributed by atoms with Crippen molar-refractivity contribution in [2.24, 2.45) is 0 Å². The number of hydrogen-bond donors (Lipinski definition) is 1. The van der Waals surface area contributed by atoms with Crippen molar-refractivity contribution >= 4 is 44.8 Å². The van der Waals surface area contributed by atoms with Gasteiger partial charge in [0, 0.05) is 10.5 Å². The summed E-state index contributed by atoms with van der Waals surface area (Å²) in [5, 5.41) is 4.52. The molecular formula is C15H14BrCl2NO. The Labute approximate surface area is 137 Å². The summed E-state index contributed by atoms with van der Waals surface area (Å²) >= 11 is 15.4. The van der Waals surface area contributed by atoms with Gasteiger partial charge in [0.1, 0.15) is 5.75 Å². The first-order chi connectivity index (χ1) is 9.51. The number of rotatable bonds is 4. The van der Waals surface area contributed by atoms with Crippen LogP contribution < -0.4 is 10.1 Å². The predicted octanol–water partition coefficient (Wildman–Crippen LogP) is 5.94. The molecule has 0 aliphatic heterocycles. The Kier molecular flexibility index (Phi) is 5.19. The maximum Gasteiger partial charge on any atom is 0.142 e. The van der Waals surface area contributed by atoms with Crippen LogP contribution in [0.5, 0.6) is 5.75 Å². The Morgan fingerprint density at radius 3 is 2.50 bits per heavy atom. The highest BCUT2D eigenvalue weighted by molar-refractivity contribution is 9.10. The van der Waals surface area contributed by atoms with Crippen LogP contribution in [0.2, 0.25) is 10.0 Å². The van der Waals surface area contributed by atoms with Gasteiger partial charge < -0.3 is 10.1 Å². The molecule has 1 N–H and O–H groups in total. The highest BCUT2D eigenvalue weighted by Crippen LogP contribution is 2.32. The lowest BCUT2D eigenvalue weighted by atomic mass is 10.1. The smallest absolute Gasteiger partial charge is 0.142 e. The molecule has 0 heterocycles. The van der Waals surface area contributed by atoms with Gasteiger partial charge in [0.05, 0.1) is 22.8 Å². The Morgan fingerprint density at radius 2 is 1.85 bits per heavy atom. The minimum atomic E-state index is 0.0768. The summed E-state index contributed by atoms with van der Waals surface area (Å²) in [6, 6.07) is 11.5. The van der Waals surface area contributed by atoms with Gasteiger partial charge in [-0.15, -0.1) is 0 Å². The van der Waals surface area contributed by atoms with Gasteiger partial charge in [-0.3, -0.25) is 0 Å². The van der Waals surface area contributed by atoms with Crippen LogP contribution in [-0.2, 0) is 0 Å². The fourth-order valence-electron chi connectivity index (χ4n) is 1.89. The van der Waals surface area contributed by atoms with Gasteiger partial charge in [0.2, 0.25) is 0 Å². The quantitative estimate of drug-likeness (QED) is 0.715. The van der Waals surface area contributed by atoms with Gasteiger partial charge in [-0.2, -0.15) is 0 Å². The van der Waals surface area contributed by atoms with Gasteiger partial charge >= 0.3 is 0 Å². The molecule has 1 atom stereocenters. The van der Waals surface area contributed by atoms with Crippen LogP contribution in [0.4, 0.5) is 5.69 Å². The van der Waals surface area contributed by atoms with E-state index in [1.807, 2.05) is 30.3 Å². The van der Waals surface area contributed by atoms with Crippen molar-refractivity contribution in [2.75, 3.05) is 12.4 Å². The van der Waals surface area contributed by atoms with Crippen LogP contribution in [0, 0.1) is 0 Å². The molecule has 2 rings (SSSR count). The fraction of sp³-hybridized carbons (Fsp3) is 0.200. The van der Waals surface area contributed by atoms with Gasteiger partial charge in [-0.05, 0) is 42.8 Å². The molecule has 2 aromatic rings. The van der Waals surface area contributed by atoms with Gasteiger partial charge in [-0.25, -0.2) is 0 Å². The maximum atomic E-state index is 6.05. The molecule has 0 bridgehead atoms. The summed E-state index contributed by atoms with van der Waals surface area (Å²) in [6.07, 6.45) is 0. The van der Waals surface area contributed by atoms with Crippen LogP contribution in [0.1, 0.15) is 18.5 Å². The number of methoxy groups -OCH3 is 1. The maximum absolute atomic E-state index is 6.05. The summed E-state index contributed by atoms with van der Waals surface area (Å²) in [4.78, 5) is 0. The molecule has 2 aromatic carbocycles. The molecule has 0 aliphatic carbocycles. The van der Waals surface area contributed by atoms with Gasteiger partial charge in [0.15, 0.2) is 0 Å². The summed E-state index contributed by atoms with van der Waals surface area (Å²) in [7, 11) is 1.65. The monoisotopic (exact) mass is 373 g/mol. The zero-order valence-electron chi connectivity index (χ0n) is 11.1. The minimum Gasteiger partial charge on any atom is -0.495 e. The summed E-state index contributed by atoms with van der Waals surface area (Å²) in [5.74, 6) is 0.792. The third-order valence-electron chi connectivity index (χ3n) is 2.98. The predicted molar refractivity (Wildman–Crippen MR) is 89.2 cm³/mol. The lowest BCUT2D eigenvalue weighted by Gasteiger charge is -2.18. The van der Waals surface area contributed by atoms with E-state index in [0.717, 1.165) is 21.5 Å². The van der Waals surface area contributed by atoms with E-state index in [2.05, 4.69) is 28.2 Å². The van der Waals surface area contributed by atoms with E-state index in [1.54, 1.807) is 13.2 Å². The van der Waals surface area contributed by atoms with Crippen molar-refractivity contribution in [3.05, 3.63) is 56.5 Å². The first-order valence-electron chi connectivity index (χ1n) is 6.06. The van der Waals surface area contributed by atoms with Crippen molar-refractivity contribution in [3.63, 3.8) is 0 Å². The molecule has 1 unspecified atom stereocenters. The van der Waals surface area contributed by atoms with Crippen LogP contribution in [0.15, 0.2) is 40.9 Å². The van der Waals surface area contributed by atoms with Crippen molar-refractivity contribution in [1.82, 2.24) is 0 Å². The molecule has 0 aliphatic rings. The molecular weight excluding hydrogens is 361 g/mol. The molecule has 0 fully saturated rings. The van der Waals surface area contributed by atoms with Crippen molar-refractivity contribution in [1.29, 1.82) is 0 Å². The average molecular weight is 375 g/mol. The third kappa shape index (κ3) is 3.60. The lowest BCUT2D eigenvalue weighted by molar-refractivity contribution is 0.416. The molecule has 0 saturated heterocycles. The Morgan fingerprint density at radius 1 is 1.10 bits per heavy atom. The number of ether oxygens (including phenoxy) is 1. The highest BCUT2D eigenvalue weighted by Gasteiger charge is 2.11. The Bertz CT molecular complexity index is 619. The van der Waals surface area contributed by atoms with E-state index in [9.17, 15) is 0 Å². The van der Waals surface area contributed by atoms with Crippen LogP contribution >= 0.6 is 39.1 Å². The molecule has 0 aromatic heterocycles. The number of benzene rings is 2. The van der Waals surface area contributed by atoms with Gasteiger partial charge in [0.25, 0.3) is 0 Å². The zero-order valence-corrected chi connectivity index (χ0v) is 14.2. The van der Waals surface area contributed by atoms with Crippen LogP contribution in [0.3, 0.4) is 0 Å². The Hall–Kier alpha value is -0.900. The second kappa shape index (κ2) is 6.70. The first kappa shape index (κ1) is 15.5. The standard InChI is InChI=1S/C15H14BrCl2NO/c1-9(10-3-5-12(17)13(18)7-10)19-14-8-11(16)4-6-15(14)20-2/h3-9,19H,1-2H3. The normalized spacial score (nSPS) is 12.1. The Balaban J connectivity index is 2.24. The van der Waals surface area contributed by atoms with Crippen molar-refractivity contribution < 1.29 is 4.74 Å². The molecule has 2 nitrogen and oxygen atoms in total. The fourth-order valence-corrected chi connectivity index (χ4v) is 2.56. The number of halogens is 3. The topological polar surface area (TPSA) is 21.3 Å². The van der Waals surface area contributed by atoms with Crippen molar-refractivity contribution in [2.45, 2.75) is 13.0 Å². The van der Waals surface area contributed by atoms with E-state index in [-0.39, 0.29) is 6.04 Å². The highest BCUT2D eigenvalue weighted by atomic mass is 79.9. The summed E-state index contributed by atoms with van der Waals surface area (Å²) in [5.41, 5.74) is 1.97. The molecule has 0 amide bonds. The van der Waals surface area contributed by atoms with E-state index < -0.39 is 0 Å². The molecule has 0 spiro atoms. The van der Waals surface area contributed by atoms with Crippen molar-refractivity contribution in [3.8, 4) is 5.75 Å². The number of hydrogen-bond acceptors (Lipinski definition) is 2. The molecule has 20 heavy (non-hydrogen) atoms. The second-order valence-electron chi connectivity index (χ2n) is 4.38. The molecule has 5 heteroatoms. The minimum absolute atomic E-state index is 0.0768. The first-order valence-corrected chi connectivity index (χ1v) is 7.61. The van der Waals surface area contributed by atoms with E-state index in [4.69, 9.17) is 27.9 Å². The largest absolute Gasteiger partial charge is 0.495 e. The molecule has 0 saturated carbocycles. The van der Waals surface area contributed by atoms with Gasteiger partial charge in [-0.1, -0.05) is 45.2 Å². The molecule has 0 radical (unpaired) electrons. The average Bonchev–Trinajstić information content (AvgIpc) is 2.42. The van der Waals surface area contributed by atoms with E-state index >= 15 is 0 Å². The third-order valence-corrected chi connectivity index (χ3v) is 4.21.